The number of aliphatic hydroxyl groups is 1. The van der Waals surface area contributed by atoms with Crippen LogP contribution >= 0.6 is 0 Å². The van der Waals surface area contributed by atoms with E-state index in [0.717, 1.165) is 5.56 Å². The largest absolute Gasteiger partial charge is 0.388 e. The summed E-state index contributed by atoms with van der Waals surface area (Å²) in [4.78, 5) is 0. The Balaban J connectivity index is 2.82. The van der Waals surface area contributed by atoms with Crippen LogP contribution in [0, 0.1) is 27.7 Å². The van der Waals surface area contributed by atoms with Crippen molar-refractivity contribution in [3.8, 4) is 0 Å². The van der Waals surface area contributed by atoms with Crippen LogP contribution in [0.25, 0.3) is 10.8 Å². The molecule has 1 heteroatoms. The molecule has 0 aliphatic rings. The molecule has 0 saturated carbocycles. The lowest BCUT2D eigenvalue weighted by atomic mass is 9.88. The second kappa shape index (κ2) is 5.18. The minimum absolute atomic E-state index is 0.458. The van der Waals surface area contributed by atoms with Gasteiger partial charge < -0.3 is 5.11 Å². The zero-order chi connectivity index (χ0) is 14.2. The molecule has 19 heavy (non-hydrogen) atoms. The third kappa shape index (κ3) is 2.31. The first-order valence-electron chi connectivity index (χ1n) is 6.76. The van der Waals surface area contributed by atoms with Gasteiger partial charge in [0.25, 0.3) is 0 Å². The quantitative estimate of drug-likeness (QED) is 0.788. The number of benzene rings is 2. The fourth-order valence-corrected chi connectivity index (χ4v) is 2.99. The Hall–Kier alpha value is -1.60. The van der Waals surface area contributed by atoms with E-state index in [0.29, 0.717) is 6.42 Å². The lowest BCUT2D eigenvalue weighted by Gasteiger charge is -2.19. The molecule has 0 saturated heterocycles. The van der Waals surface area contributed by atoms with E-state index < -0.39 is 6.10 Å². The molecule has 2 aromatic carbocycles. The van der Waals surface area contributed by atoms with Gasteiger partial charge in [-0.1, -0.05) is 24.3 Å². The van der Waals surface area contributed by atoms with Crippen molar-refractivity contribution in [2.24, 2.45) is 0 Å². The van der Waals surface area contributed by atoms with E-state index in [4.69, 9.17) is 0 Å². The molecule has 0 amide bonds. The van der Waals surface area contributed by atoms with E-state index >= 15 is 0 Å². The standard InChI is InChI=1S/C18H22O/c1-6-7-16(19)15-10-13(4)17-11(2)8-9-12(3)18(17)14(15)5/h6,8-10,16,19H,1,7H2,2-5H3. The van der Waals surface area contributed by atoms with Gasteiger partial charge in [0.1, 0.15) is 0 Å². The Labute approximate surface area is 115 Å². The molecule has 0 bridgehead atoms. The third-order valence-electron chi connectivity index (χ3n) is 3.95. The van der Waals surface area contributed by atoms with Crippen LogP contribution in [0.3, 0.4) is 0 Å². The molecule has 0 aromatic heterocycles. The van der Waals surface area contributed by atoms with Crippen LogP contribution in [0.4, 0.5) is 0 Å². The molecule has 0 fully saturated rings. The fourth-order valence-electron chi connectivity index (χ4n) is 2.99. The van der Waals surface area contributed by atoms with Crippen molar-refractivity contribution in [2.45, 2.75) is 40.2 Å². The van der Waals surface area contributed by atoms with Crippen molar-refractivity contribution in [1.29, 1.82) is 0 Å². The van der Waals surface area contributed by atoms with Crippen molar-refractivity contribution < 1.29 is 5.11 Å². The lowest BCUT2D eigenvalue weighted by Crippen LogP contribution is -2.02. The second-order valence-electron chi connectivity index (χ2n) is 5.40. The molecule has 1 atom stereocenters. The van der Waals surface area contributed by atoms with Gasteiger partial charge in [0.15, 0.2) is 0 Å². The van der Waals surface area contributed by atoms with Gasteiger partial charge in [-0.05, 0) is 72.7 Å². The van der Waals surface area contributed by atoms with Crippen molar-refractivity contribution in [1.82, 2.24) is 0 Å². The average Bonchev–Trinajstić information content (AvgIpc) is 2.36. The predicted octanol–water partition coefficient (Wildman–Crippen LogP) is 4.68. The highest BCUT2D eigenvalue weighted by molar-refractivity contribution is 5.94. The molecule has 0 heterocycles. The van der Waals surface area contributed by atoms with Crippen molar-refractivity contribution >= 4 is 10.8 Å². The highest BCUT2D eigenvalue weighted by Crippen LogP contribution is 2.34. The van der Waals surface area contributed by atoms with E-state index in [-0.39, 0.29) is 0 Å². The van der Waals surface area contributed by atoms with Gasteiger partial charge in [-0.25, -0.2) is 0 Å². The number of aliphatic hydroxyl groups excluding tert-OH is 1. The molecule has 1 nitrogen and oxygen atoms in total. The summed E-state index contributed by atoms with van der Waals surface area (Å²) in [6, 6.07) is 6.45. The van der Waals surface area contributed by atoms with Gasteiger partial charge in [0, 0.05) is 0 Å². The number of hydrogen-bond donors (Lipinski definition) is 1. The Morgan fingerprint density at radius 2 is 1.63 bits per heavy atom. The SMILES string of the molecule is C=CCC(O)c1cc(C)c2c(C)ccc(C)c2c1C. The Bertz CT molecular complexity index is 638. The van der Waals surface area contributed by atoms with Crippen LogP contribution in [0.1, 0.15) is 40.3 Å². The topological polar surface area (TPSA) is 20.2 Å². The highest BCUT2D eigenvalue weighted by atomic mass is 16.3. The smallest absolute Gasteiger partial charge is 0.0827 e. The molecule has 0 aliphatic heterocycles. The first-order chi connectivity index (χ1) is 8.97. The van der Waals surface area contributed by atoms with Crippen molar-refractivity contribution in [3.05, 3.63) is 58.7 Å². The molecule has 1 unspecified atom stereocenters. The van der Waals surface area contributed by atoms with Gasteiger partial charge in [0.05, 0.1) is 6.10 Å². The summed E-state index contributed by atoms with van der Waals surface area (Å²) in [5, 5.41) is 12.9. The summed E-state index contributed by atoms with van der Waals surface area (Å²) in [5.41, 5.74) is 6.02. The highest BCUT2D eigenvalue weighted by Gasteiger charge is 2.15. The van der Waals surface area contributed by atoms with Crippen LogP contribution in [0.15, 0.2) is 30.9 Å². The van der Waals surface area contributed by atoms with Gasteiger partial charge >= 0.3 is 0 Å². The van der Waals surface area contributed by atoms with E-state index in [1.165, 1.54) is 33.0 Å². The van der Waals surface area contributed by atoms with E-state index in [1.54, 1.807) is 6.08 Å². The maximum Gasteiger partial charge on any atom is 0.0827 e. The van der Waals surface area contributed by atoms with Crippen LogP contribution in [0.2, 0.25) is 0 Å². The predicted molar refractivity (Wildman–Crippen MR) is 82.7 cm³/mol. The molecule has 2 aromatic rings. The number of fused-ring (bicyclic) bond motifs is 1. The Kier molecular flexibility index (Phi) is 3.77. The molecule has 0 aliphatic carbocycles. The summed E-state index contributed by atoms with van der Waals surface area (Å²) in [6.45, 7) is 12.2. The van der Waals surface area contributed by atoms with Crippen molar-refractivity contribution in [2.75, 3.05) is 0 Å². The monoisotopic (exact) mass is 254 g/mol. The van der Waals surface area contributed by atoms with Gasteiger partial charge in [-0.2, -0.15) is 0 Å². The Morgan fingerprint density at radius 3 is 2.21 bits per heavy atom. The van der Waals surface area contributed by atoms with Crippen LogP contribution < -0.4 is 0 Å². The first kappa shape index (κ1) is 13.8. The normalized spacial score (nSPS) is 12.7. The number of hydrogen-bond acceptors (Lipinski definition) is 1. The maximum atomic E-state index is 10.3. The first-order valence-corrected chi connectivity index (χ1v) is 6.76. The molecule has 100 valence electrons. The van der Waals surface area contributed by atoms with Gasteiger partial charge in [-0.3, -0.25) is 0 Å². The van der Waals surface area contributed by atoms with Crippen molar-refractivity contribution in [3.63, 3.8) is 0 Å². The lowest BCUT2D eigenvalue weighted by molar-refractivity contribution is 0.181. The second-order valence-corrected chi connectivity index (χ2v) is 5.40. The summed E-state index contributed by atoms with van der Waals surface area (Å²) in [5.74, 6) is 0. The molecular weight excluding hydrogens is 232 g/mol. The molecule has 1 N–H and O–H groups in total. The summed E-state index contributed by atoms with van der Waals surface area (Å²) >= 11 is 0. The van der Waals surface area contributed by atoms with E-state index in [9.17, 15) is 5.11 Å². The molecule has 2 rings (SSSR count). The Morgan fingerprint density at radius 1 is 1.05 bits per heavy atom. The van der Waals surface area contributed by atoms with Crippen LogP contribution in [-0.4, -0.2) is 5.11 Å². The fraction of sp³-hybridized carbons (Fsp3) is 0.333. The average molecular weight is 254 g/mol. The minimum atomic E-state index is -0.458. The number of rotatable bonds is 3. The minimum Gasteiger partial charge on any atom is -0.388 e. The molecule has 0 spiro atoms. The molecular formula is C18H22O. The maximum absolute atomic E-state index is 10.3. The van der Waals surface area contributed by atoms with Gasteiger partial charge in [0.2, 0.25) is 0 Å². The number of aryl methyl sites for hydroxylation is 4. The van der Waals surface area contributed by atoms with Crippen LogP contribution in [-0.2, 0) is 0 Å². The zero-order valence-electron chi connectivity index (χ0n) is 12.2. The zero-order valence-corrected chi connectivity index (χ0v) is 12.2. The third-order valence-corrected chi connectivity index (χ3v) is 3.95. The van der Waals surface area contributed by atoms with Crippen LogP contribution in [0.5, 0.6) is 0 Å². The summed E-state index contributed by atoms with van der Waals surface area (Å²) in [7, 11) is 0. The summed E-state index contributed by atoms with van der Waals surface area (Å²) in [6.07, 6.45) is 1.91. The molecule has 0 radical (unpaired) electrons. The van der Waals surface area contributed by atoms with E-state index in [1.807, 2.05) is 0 Å². The van der Waals surface area contributed by atoms with Gasteiger partial charge in [-0.15, -0.1) is 6.58 Å². The summed E-state index contributed by atoms with van der Waals surface area (Å²) < 4.78 is 0. The van der Waals surface area contributed by atoms with E-state index in [2.05, 4.69) is 52.5 Å².